The Hall–Kier alpha value is -0.510. The lowest BCUT2D eigenvalue weighted by molar-refractivity contribution is 0.130. The maximum atomic E-state index is 5.15. The van der Waals surface area contributed by atoms with Gasteiger partial charge in [0.05, 0.1) is 6.61 Å². The third-order valence-electron chi connectivity index (χ3n) is 2.22. The van der Waals surface area contributed by atoms with E-state index >= 15 is 0 Å². The van der Waals surface area contributed by atoms with Gasteiger partial charge in [0.25, 0.3) is 0 Å². The molecular weight excluding hydrogens is 218 g/mol. The second kappa shape index (κ2) is 6.94. The summed E-state index contributed by atoms with van der Waals surface area (Å²) in [5.41, 5.74) is 0.0615. The molecule has 1 N–H and O–H groups in total. The van der Waals surface area contributed by atoms with Crippen molar-refractivity contribution in [1.29, 1.82) is 0 Å². The molecule has 1 aromatic carbocycles. The highest BCUT2D eigenvalue weighted by molar-refractivity contribution is 7.99. The first-order chi connectivity index (χ1) is 7.64. The lowest BCUT2D eigenvalue weighted by Crippen LogP contribution is -2.44. The maximum absolute atomic E-state index is 5.15. The molecule has 0 aliphatic rings. The third kappa shape index (κ3) is 5.54. The minimum Gasteiger partial charge on any atom is -0.383 e. The van der Waals surface area contributed by atoms with Crippen LogP contribution < -0.4 is 5.32 Å². The fraction of sp³-hybridized carbons (Fsp3) is 0.538. The van der Waals surface area contributed by atoms with Crippen LogP contribution in [0.5, 0.6) is 0 Å². The Balaban J connectivity index is 2.17. The van der Waals surface area contributed by atoms with E-state index in [2.05, 4.69) is 43.4 Å². The summed E-state index contributed by atoms with van der Waals surface area (Å²) in [6.07, 6.45) is 0. The second-order valence-corrected chi connectivity index (χ2v) is 5.57. The Morgan fingerprint density at radius 3 is 2.56 bits per heavy atom. The molecule has 0 spiro atoms. The zero-order valence-corrected chi connectivity index (χ0v) is 11.1. The number of methoxy groups -OCH3 is 1. The van der Waals surface area contributed by atoms with Crippen molar-refractivity contribution in [3.63, 3.8) is 0 Å². The van der Waals surface area contributed by atoms with Crippen LogP contribution >= 0.6 is 11.8 Å². The van der Waals surface area contributed by atoms with Gasteiger partial charge in [-0.2, -0.15) is 0 Å². The van der Waals surface area contributed by atoms with Crippen molar-refractivity contribution in [3.8, 4) is 0 Å². The molecule has 3 heteroatoms. The summed E-state index contributed by atoms with van der Waals surface area (Å²) in [4.78, 5) is 1.33. The molecule has 0 bridgehead atoms. The summed E-state index contributed by atoms with van der Waals surface area (Å²) in [6.45, 7) is 6.05. The minimum absolute atomic E-state index is 0.0615. The predicted molar refractivity (Wildman–Crippen MR) is 71.1 cm³/mol. The number of thioether (sulfide) groups is 1. The van der Waals surface area contributed by atoms with Crippen molar-refractivity contribution in [1.82, 2.24) is 5.32 Å². The van der Waals surface area contributed by atoms with Gasteiger partial charge in [0, 0.05) is 29.8 Å². The van der Waals surface area contributed by atoms with Crippen molar-refractivity contribution in [2.75, 3.05) is 26.0 Å². The first-order valence-corrected chi connectivity index (χ1v) is 6.54. The largest absolute Gasteiger partial charge is 0.383 e. The molecule has 0 heterocycles. The Bertz CT molecular complexity index is 287. The fourth-order valence-corrected chi connectivity index (χ4v) is 2.28. The van der Waals surface area contributed by atoms with Gasteiger partial charge in [0.2, 0.25) is 0 Å². The van der Waals surface area contributed by atoms with Crippen molar-refractivity contribution >= 4 is 11.8 Å². The molecular formula is C13H21NOS. The quantitative estimate of drug-likeness (QED) is 0.584. The van der Waals surface area contributed by atoms with Crippen molar-refractivity contribution in [3.05, 3.63) is 30.3 Å². The van der Waals surface area contributed by atoms with E-state index in [1.54, 1.807) is 7.11 Å². The van der Waals surface area contributed by atoms with Crippen molar-refractivity contribution in [2.24, 2.45) is 0 Å². The number of benzene rings is 1. The number of hydrogen-bond acceptors (Lipinski definition) is 3. The maximum Gasteiger partial charge on any atom is 0.0639 e. The Kier molecular flexibility index (Phi) is 5.88. The highest BCUT2D eigenvalue weighted by atomic mass is 32.2. The van der Waals surface area contributed by atoms with Gasteiger partial charge >= 0.3 is 0 Å². The summed E-state index contributed by atoms with van der Waals surface area (Å²) in [7, 11) is 1.74. The third-order valence-corrected chi connectivity index (χ3v) is 3.24. The summed E-state index contributed by atoms with van der Waals surface area (Å²) >= 11 is 1.88. The number of rotatable bonds is 7. The molecule has 0 aromatic heterocycles. The molecule has 0 radical (unpaired) electrons. The van der Waals surface area contributed by atoms with Gasteiger partial charge in [-0.1, -0.05) is 18.2 Å². The van der Waals surface area contributed by atoms with Gasteiger partial charge in [-0.15, -0.1) is 11.8 Å². The van der Waals surface area contributed by atoms with Gasteiger partial charge in [-0.25, -0.2) is 0 Å². The smallest absolute Gasteiger partial charge is 0.0639 e. The topological polar surface area (TPSA) is 21.3 Å². The van der Waals surface area contributed by atoms with E-state index in [0.717, 1.165) is 18.9 Å². The summed E-state index contributed by atoms with van der Waals surface area (Å²) in [6, 6.07) is 10.5. The highest BCUT2D eigenvalue weighted by Crippen LogP contribution is 2.16. The molecule has 0 atom stereocenters. The molecule has 90 valence electrons. The summed E-state index contributed by atoms with van der Waals surface area (Å²) in [5, 5.41) is 3.48. The van der Waals surface area contributed by atoms with Crippen LogP contribution in [0.2, 0.25) is 0 Å². The SMILES string of the molecule is COCC(C)(C)NCCSc1ccccc1. The first-order valence-electron chi connectivity index (χ1n) is 5.56. The minimum atomic E-state index is 0.0615. The number of ether oxygens (including phenoxy) is 1. The predicted octanol–water partition coefficient (Wildman–Crippen LogP) is 2.79. The van der Waals surface area contributed by atoms with Gasteiger partial charge in [-0.05, 0) is 26.0 Å². The van der Waals surface area contributed by atoms with E-state index in [4.69, 9.17) is 4.74 Å². The van der Waals surface area contributed by atoms with E-state index in [1.165, 1.54) is 4.90 Å². The number of hydrogen-bond donors (Lipinski definition) is 1. The molecule has 2 nitrogen and oxygen atoms in total. The standard InChI is InChI=1S/C13H21NOS/c1-13(2,11-15-3)14-9-10-16-12-7-5-4-6-8-12/h4-8,14H,9-11H2,1-3H3. The molecule has 0 aliphatic heterocycles. The van der Waals surface area contributed by atoms with E-state index < -0.39 is 0 Å². The van der Waals surface area contributed by atoms with Gasteiger partial charge < -0.3 is 10.1 Å². The molecule has 16 heavy (non-hydrogen) atoms. The molecule has 0 fully saturated rings. The van der Waals surface area contributed by atoms with Crippen molar-refractivity contribution in [2.45, 2.75) is 24.3 Å². The van der Waals surface area contributed by atoms with Crippen LogP contribution in [-0.4, -0.2) is 31.6 Å². The second-order valence-electron chi connectivity index (χ2n) is 4.41. The van der Waals surface area contributed by atoms with Crippen LogP contribution in [0.25, 0.3) is 0 Å². The molecule has 0 saturated heterocycles. The van der Waals surface area contributed by atoms with Gasteiger partial charge in [-0.3, -0.25) is 0 Å². The Morgan fingerprint density at radius 1 is 1.25 bits per heavy atom. The van der Waals surface area contributed by atoms with Crippen LogP contribution in [0.4, 0.5) is 0 Å². The summed E-state index contributed by atoms with van der Waals surface area (Å²) < 4.78 is 5.15. The fourth-order valence-electron chi connectivity index (χ4n) is 1.49. The average Bonchev–Trinajstić information content (AvgIpc) is 2.26. The Morgan fingerprint density at radius 2 is 1.94 bits per heavy atom. The first kappa shape index (κ1) is 13.6. The summed E-state index contributed by atoms with van der Waals surface area (Å²) in [5.74, 6) is 1.08. The van der Waals surface area contributed by atoms with E-state index in [1.807, 2.05) is 17.8 Å². The lowest BCUT2D eigenvalue weighted by Gasteiger charge is -2.25. The Labute approximate surface area is 103 Å². The molecule has 0 aliphatic carbocycles. The molecule has 0 amide bonds. The van der Waals surface area contributed by atoms with Crippen LogP contribution in [-0.2, 0) is 4.74 Å². The van der Waals surface area contributed by atoms with Gasteiger partial charge in [0.1, 0.15) is 0 Å². The zero-order chi connectivity index (χ0) is 11.9. The molecule has 1 rings (SSSR count). The van der Waals surface area contributed by atoms with Crippen LogP contribution in [0, 0.1) is 0 Å². The van der Waals surface area contributed by atoms with Gasteiger partial charge in [0.15, 0.2) is 0 Å². The average molecular weight is 239 g/mol. The van der Waals surface area contributed by atoms with E-state index in [-0.39, 0.29) is 5.54 Å². The molecule has 0 unspecified atom stereocenters. The highest BCUT2D eigenvalue weighted by Gasteiger charge is 2.15. The molecule has 1 aromatic rings. The normalized spacial score (nSPS) is 11.7. The van der Waals surface area contributed by atoms with E-state index in [9.17, 15) is 0 Å². The lowest BCUT2D eigenvalue weighted by atomic mass is 10.1. The van der Waals surface area contributed by atoms with Crippen LogP contribution in [0.15, 0.2) is 35.2 Å². The monoisotopic (exact) mass is 239 g/mol. The van der Waals surface area contributed by atoms with Crippen LogP contribution in [0.1, 0.15) is 13.8 Å². The molecule has 0 saturated carbocycles. The van der Waals surface area contributed by atoms with E-state index in [0.29, 0.717) is 0 Å². The van der Waals surface area contributed by atoms with Crippen molar-refractivity contribution < 1.29 is 4.74 Å². The van der Waals surface area contributed by atoms with Crippen LogP contribution in [0.3, 0.4) is 0 Å². The zero-order valence-electron chi connectivity index (χ0n) is 10.3. The number of nitrogens with one attached hydrogen (secondary N) is 1.